The van der Waals surface area contributed by atoms with E-state index in [2.05, 4.69) is 15.6 Å². The number of rotatable bonds is 4. The molecule has 2 amide bonds. The van der Waals surface area contributed by atoms with Gasteiger partial charge >= 0.3 is 0 Å². The van der Waals surface area contributed by atoms with E-state index in [4.69, 9.17) is 5.26 Å². The highest BCUT2D eigenvalue weighted by atomic mass is 16.2. The second-order valence-electron chi connectivity index (χ2n) is 6.70. The molecule has 0 aliphatic heterocycles. The highest BCUT2D eigenvalue weighted by Gasteiger charge is 2.21. The van der Waals surface area contributed by atoms with Gasteiger partial charge in [0, 0.05) is 17.6 Å². The topological polar surface area (TPSA) is 99.3 Å². The Morgan fingerprint density at radius 1 is 0.900 bits per heavy atom. The van der Waals surface area contributed by atoms with Gasteiger partial charge in [0.25, 0.3) is 11.8 Å². The highest BCUT2D eigenvalue weighted by molar-refractivity contribution is 6.10. The predicted molar refractivity (Wildman–Crippen MR) is 113 cm³/mol. The van der Waals surface area contributed by atoms with Gasteiger partial charge < -0.3 is 10.6 Å². The molecule has 0 unspecified atom stereocenters. The molecular formula is C23H17N5O2. The zero-order valence-electron chi connectivity index (χ0n) is 16.1. The van der Waals surface area contributed by atoms with E-state index in [0.29, 0.717) is 22.5 Å². The first-order valence-electron chi connectivity index (χ1n) is 9.22. The number of nitrogens with zero attached hydrogens (tertiary/aromatic N) is 3. The number of aromatic nitrogens is 2. The number of nitrogens with one attached hydrogen (secondary N) is 2. The van der Waals surface area contributed by atoms with Gasteiger partial charge in [0.1, 0.15) is 0 Å². The number of anilines is 2. The van der Waals surface area contributed by atoms with Crippen molar-refractivity contribution < 1.29 is 9.59 Å². The maximum Gasteiger partial charge on any atom is 0.292 e. The van der Waals surface area contributed by atoms with Gasteiger partial charge in [0.05, 0.1) is 17.1 Å². The number of carbonyl (C=O) groups is 2. The quantitative estimate of drug-likeness (QED) is 0.545. The molecule has 7 heteroatoms. The second kappa shape index (κ2) is 7.89. The van der Waals surface area contributed by atoms with E-state index in [-0.39, 0.29) is 11.5 Å². The summed E-state index contributed by atoms with van der Waals surface area (Å²) in [4.78, 5) is 30.0. The van der Waals surface area contributed by atoms with Crippen LogP contribution in [0.4, 0.5) is 11.4 Å². The zero-order valence-corrected chi connectivity index (χ0v) is 16.1. The molecule has 4 rings (SSSR count). The standard InChI is InChI=1S/C23H17N5O2/c1-15-5-9-17(10-6-15)26-23(30)21-27-20(19-4-2-3-13-28(19)21)22(29)25-18-11-7-16(14-24)8-12-18/h2-13H,1H3,(H,25,29)(H,26,30). The lowest BCUT2D eigenvalue weighted by atomic mass is 10.2. The summed E-state index contributed by atoms with van der Waals surface area (Å²) in [7, 11) is 0. The number of nitriles is 1. The number of fused-ring (bicyclic) bond motifs is 1. The summed E-state index contributed by atoms with van der Waals surface area (Å²) in [6, 6.07) is 21.2. The van der Waals surface area contributed by atoms with E-state index in [1.165, 1.54) is 0 Å². The van der Waals surface area contributed by atoms with E-state index in [9.17, 15) is 9.59 Å². The number of carbonyl (C=O) groups excluding carboxylic acids is 2. The molecule has 30 heavy (non-hydrogen) atoms. The van der Waals surface area contributed by atoms with Gasteiger partial charge in [-0.05, 0) is 55.5 Å². The largest absolute Gasteiger partial charge is 0.321 e. The van der Waals surface area contributed by atoms with Crippen LogP contribution in [0, 0.1) is 18.3 Å². The molecule has 0 saturated carbocycles. The van der Waals surface area contributed by atoms with Gasteiger partial charge in [0.2, 0.25) is 5.82 Å². The van der Waals surface area contributed by atoms with Gasteiger partial charge in [-0.2, -0.15) is 5.26 Å². The Labute approximate surface area is 172 Å². The SMILES string of the molecule is Cc1ccc(NC(=O)c2nc(C(=O)Nc3ccc(C#N)cc3)c3ccccn23)cc1. The third-order valence-electron chi connectivity index (χ3n) is 4.55. The van der Waals surface area contributed by atoms with Gasteiger partial charge in [-0.3, -0.25) is 14.0 Å². The van der Waals surface area contributed by atoms with Gasteiger partial charge in [-0.1, -0.05) is 23.8 Å². The summed E-state index contributed by atoms with van der Waals surface area (Å²) < 4.78 is 1.58. The molecule has 0 saturated heterocycles. The minimum Gasteiger partial charge on any atom is -0.321 e. The lowest BCUT2D eigenvalue weighted by Gasteiger charge is -2.04. The van der Waals surface area contributed by atoms with Crippen LogP contribution in [-0.4, -0.2) is 21.2 Å². The van der Waals surface area contributed by atoms with Crippen LogP contribution in [-0.2, 0) is 0 Å². The molecule has 0 aliphatic carbocycles. The fourth-order valence-corrected chi connectivity index (χ4v) is 3.01. The van der Waals surface area contributed by atoms with Crippen LogP contribution in [0.1, 0.15) is 32.2 Å². The Kier molecular flexibility index (Phi) is 4.97. The predicted octanol–water partition coefficient (Wildman–Crippen LogP) is 4.02. The number of benzene rings is 2. The molecule has 146 valence electrons. The second-order valence-corrected chi connectivity index (χ2v) is 6.70. The third-order valence-corrected chi connectivity index (χ3v) is 4.55. The molecule has 2 N–H and O–H groups in total. The third kappa shape index (κ3) is 3.75. The number of hydrogen-bond acceptors (Lipinski definition) is 4. The first-order chi connectivity index (χ1) is 14.5. The number of amides is 2. The normalized spacial score (nSPS) is 10.4. The van der Waals surface area contributed by atoms with Gasteiger partial charge in [0.15, 0.2) is 5.69 Å². The molecule has 7 nitrogen and oxygen atoms in total. The summed E-state index contributed by atoms with van der Waals surface area (Å²) in [6.07, 6.45) is 1.69. The van der Waals surface area contributed by atoms with E-state index >= 15 is 0 Å². The molecular weight excluding hydrogens is 378 g/mol. The van der Waals surface area contributed by atoms with Gasteiger partial charge in [-0.15, -0.1) is 0 Å². The minimum atomic E-state index is -0.446. The molecule has 0 atom stereocenters. The summed E-state index contributed by atoms with van der Waals surface area (Å²) in [5.41, 5.74) is 3.40. The Hall–Kier alpha value is -4.44. The van der Waals surface area contributed by atoms with E-state index in [0.717, 1.165) is 5.56 Å². The zero-order chi connectivity index (χ0) is 21.1. The average molecular weight is 395 g/mol. The van der Waals surface area contributed by atoms with Crippen LogP contribution in [0.15, 0.2) is 72.9 Å². The molecule has 4 aromatic rings. The van der Waals surface area contributed by atoms with Crippen molar-refractivity contribution >= 4 is 28.7 Å². The van der Waals surface area contributed by atoms with Crippen molar-refractivity contribution in [2.45, 2.75) is 6.92 Å². The van der Waals surface area contributed by atoms with Crippen molar-refractivity contribution in [3.05, 3.63) is 95.6 Å². The molecule has 0 bridgehead atoms. The minimum absolute atomic E-state index is 0.108. The monoisotopic (exact) mass is 395 g/mol. The van der Waals surface area contributed by atoms with Crippen molar-refractivity contribution in [1.82, 2.24) is 9.38 Å². The van der Waals surface area contributed by atoms with Crippen LogP contribution in [0.25, 0.3) is 5.52 Å². The smallest absolute Gasteiger partial charge is 0.292 e. The number of aryl methyl sites for hydroxylation is 1. The van der Waals surface area contributed by atoms with Crippen molar-refractivity contribution in [3.8, 4) is 6.07 Å². The lowest BCUT2D eigenvalue weighted by Crippen LogP contribution is -2.16. The van der Waals surface area contributed by atoms with Crippen LogP contribution < -0.4 is 10.6 Å². The maximum absolute atomic E-state index is 12.8. The van der Waals surface area contributed by atoms with Crippen LogP contribution in [0.5, 0.6) is 0 Å². The van der Waals surface area contributed by atoms with E-state index in [1.807, 2.05) is 37.3 Å². The van der Waals surface area contributed by atoms with E-state index in [1.54, 1.807) is 53.1 Å². The van der Waals surface area contributed by atoms with Crippen molar-refractivity contribution in [2.75, 3.05) is 10.6 Å². The summed E-state index contributed by atoms with van der Waals surface area (Å²) in [5, 5.41) is 14.5. The molecule has 0 fully saturated rings. The Morgan fingerprint density at radius 2 is 1.53 bits per heavy atom. The molecule has 2 heterocycles. The maximum atomic E-state index is 12.8. The molecule has 2 aromatic carbocycles. The Morgan fingerprint density at radius 3 is 2.20 bits per heavy atom. The Bertz CT molecular complexity index is 1280. The molecule has 0 radical (unpaired) electrons. The average Bonchev–Trinajstić information content (AvgIpc) is 3.16. The number of hydrogen-bond donors (Lipinski definition) is 2. The van der Waals surface area contributed by atoms with Crippen molar-refractivity contribution in [2.24, 2.45) is 0 Å². The fourth-order valence-electron chi connectivity index (χ4n) is 3.01. The summed E-state index contributed by atoms with van der Waals surface area (Å²) in [6.45, 7) is 1.96. The van der Waals surface area contributed by atoms with Crippen LogP contribution in [0.2, 0.25) is 0 Å². The van der Waals surface area contributed by atoms with Crippen molar-refractivity contribution in [1.29, 1.82) is 5.26 Å². The van der Waals surface area contributed by atoms with Crippen molar-refractivity contribution in [3.63, 3.8) is 0 Å². The number of pyridine rings is 1. The van der Waals surface area contributed by atoms with E-state index < -0.39 is 11.8 Å². The van der Waals surface area contributed by atoms with Crippen LogP contribution in [0.3, 0.4) is 0 Å². The first-order valence-corrected chi connectivity index (χ1v) is 9.22. The fraction of sp³-hybridized carbons (Fsp3) is 0.0435. The molecule has 2 aromatic heterocycles. The Balaban J connectivity index is 1.64. The molecule has 0 aliphatic rings. The number of imidazole rings is 1. The summed E-state index contributed by atoms with van der Waals surface area (Å²) >= 11 is 0. The van der Waals surface area contributed by atoms with Gasteiger partial charge in [-0.25, -0.2) is 4.98 Å². The first kappa shape index (κ1) is 18.9. The van der Waals surface area contributed by atoms with Crippen LogP contribution >= 0.6 is 0 Å². The highest BCUT2D eigenvalue weighted by Crippen LogP contribution is 2.18. The molecule has 0 spiro atoms. The lowest BCUT2D eigenvalue weighted by molar-refractivity contribution is 0.101. The summed E-state index contributed by atoms with van der Waals surface area (Å²) in [5.74, 6) is -0.758.